The van der Waals surface area contributed by atoms with Gasteiger partial charge < -0.3 is 4.90 Å². The second kappa shape index (κ2) is 11.3. The Morgan fingerprint density at radius 3 is 1.51 bits per heavy atom. The molecule has 1 heteroatoms. The number of hydrogen-bond acceptors (Lipinski definition) is 1. The van der Waals surface area contributed by atoms with Gasteiger partial charge in [0, 0.05) is 17.1 Å². The van der Waals surface area contributed by atoms with Crippen LogP contribution in [0.1, 0.15) is 54.0 Å². The van der Waals surface area contributed by atoms with Crippen molar-refractivity contribution in [3.05, 3.63) is 137 Å². The highest BCUT2D eigenvalue weighted by atomic mass is 15.1. The molecular weight excluding hydrogens is 470 g/mol. The van der Waals surface area contributed by atoms with Crippen LogP contribution >= 0.6 is 0 Å². The van der Waals surface area contributed by atoms with Crippen molar-refractivity contribution in [3.8, 4) is 22.3 Å². The van der Waals surface area contributed by atoms with Gasteiger partial charge in [0.1, 0.15) is 0 Å². The Morgan fingerprint density at radius 2 is 0.974 bits per heavy atom. The zero-order valence-corrected chi connectivity index (χ0v) is 24.1. The molecule has 0 N–H and O–H groups in total. The van der Waals surface area contributed by atoms with E-state index in [0.29, 0.717) is 5.92 Å². The molecule has 0 aromatic heterocycles. The van der Waals surface area contributed by atoms with E-state index in [-0.39, 0.29) is 0 Å². The van der Waals surface area contributed by atoms with Crippen LogP contribution in [0.15, 0.2) is 109 Å². The number of anilines is 3. The highest BCUT2D eigenvalue weighted by molar-refractivity contribution is 5.80. The number of rotatable bonds is 7. The van der Waals surface area contributed by atoms with Gasteiger partial charge in [0.2, 0.25) is 0 Å². The van der Waals surface area contributed by atoms with Crippen molar-refractivity contribution in [3.63, 3.8) is 0 Å². The van der Waals surface area contributed by atoms with Gasteiger partial charge in [-0.1, -0.05) is 97.8 Å². The van der Waals surface area contributed by atoms with Gasteiger partial charge in [-0.3, -0.25) is 0 Å². The fourth-order valence-electron chi connectivity index (χ4n) is 5.39. The van der Waals surface area contributed by atoms with Gasteiger partial charge in [-0.2, -0.15) is 0 Å². The van der Waals surface area contributed by atoms with Crippen molar-refractivity contribution in [1.29, 1.82) is 0 Å². The van der Waals surface area contributed by atoms with Gasteiger partial charge >= 0.3 is 0 Å². The molecule has 1 atom stereocenters. The van der Waals surface area contributed by atoms with E-state index < -0.39 is 0 Å². The fraction of sp³-hybridized carbons (Fsp3) is 0.211. The number of aryl methyl sites for hydroxylation is 4. The molecule has 0 aliphatic carbocycles. The maximum Gasteiger partial charge on any atom is 0.0462 e. The molecule has 1 unspecified atom stereocenters. The standard InChI is InChI=1S/C38H39N/c1-7-28(4)31-11-18-35(19-12-31)39(34-16-8-26(2)9-17-34)36-20-13-32(14-21-36)33-15-23-38(30(6)25-33)37-22-10-27(3)24-29(37)5/h8-25,28H,7H2,1-6H3. The minimum atomic E-state index is 0.566. The van der Waals surface area contributed by atoms with Gasteiger partial charge in [0.25, 0.3) is 0 Å². The maximum atomic E-state index is 2.35. The first-order chi connectivity index (χ1) is 18.8. The lowest BCUT2D eigenvalue weighted by atomic mass is 9.92. The van der Waals surface area contributed by atoms with Crippen LogP contribution in [-0.4, -0.2) is 0 Å². The molecule has 1 nitrogen and oxygen atoms in total. The van der Waals surface area contributed by atoms with Crippen LogP contribution in [0, 0.1) is 27.7 Å². The zero-order valence-electron chi connectivity index (χ0n) is 24.1. The largest absolute Gasteiger partial charge is 0.311 e. The fourth-order valence-corrected chi connectivity index (χ4v) is 5.39. The molecular formula is C38H39N. The van der Waals surface area contributed by atoms with Crippen molar-refractivity contribution in [1.82, 2.24) is 0 Å². The Kier molecular flexibility index (Phi) is 7.70. The molecule has 0 saturated heterocycles. The van der Waals surface area contributed by atoms with Crippen molar-refractivity contribution >= 4 is 17.1 Å². The van der Waals surface area contributed by atoms with Crippen LogP contribution in [0.3, 0.4) is 0 Å². The van der Waals surface area contributed by atoms with Crippen LogP contribution in [0.25, 0.3) is 22.3 Å². The Balaban J connectivity index is 1.48. The molecule has 196 valence electrons. The molecule has 0 radical (unpaired) electrons. The van der Waals surface area contributed by atoms with E-state index in [1.807, 2.05) is 0 Å². The van der Waals surface area contributed by atoms with Gasteiger partial charge in [-0.25, -0.2) is 0 Å². The molecule has 5 aromatic carbocycles. The van der Waals surface area contributed by atoms with Crippen LogP contribution < -0.4 is 4.90 Å². The molecule has 0 spiro atoms. The van der Waals surface area contributed by atoms with Gasteiger partial charge in [0.05, 0.1) is 0 Å². The smallest absolute Gasteiger partial charge is 0.0462 e. The molecule has 0 fully saturated rings. The Morgan fingerprint density at radius 1 is 0.513 bits per heavy atom. The minimum absolute atomic E-state index is 0.566. The third kappa shape index (κ3) is 5.68. The summed E-state index contributed by atoms with van der Waals surface area (Å²) in [5.41, 5.74) is 15.2. The molecule has 0 aliphatic heterocycles. The predicted molar refractivity (Wildman–Crippen MR) is 170 cm³/mol. The monoisotopic (exact) mass is 509 g/mol. The quantitative estimate of drug-likeness (QED) is 0.211. The third-order valence-electron chi connectivity index (χ3n) is 7.98. The first-order valence-electron chi connectivity index (χ1n) is 14.1. The topological polar surface area (TPSA) is 3.24 Å². The molecule has 5 rings (SSSR count). The first-order valence-corrected chi connectivity index (χ1v) is 14.1. The van der Waals surface area contributed by atoms with Crippen LogP contribution in [0.5, 0.6) is 0 Å². The van der Waals surface area contributed by atoms with Crippen molar-refractivity contribution in [2.45, 2.75) is 53.9 Å². The van der Waals surface area contributed by atoms with Gasteiger partial charge in [-0.05, 0) is 115 Å². The van der Waals surface area contributed by atoms with E-state index in [1.165, 1.54) is 61.4 Å². The summed E-state index contributed by atoms with van der Waals surface area (Å²) in [7, 11) is 0. The third-order valence-corrected chi connectivity index (χ3v) is 7.98. The van der Waals surface area contributed by atoms with E-state index in [4.69, 9.17) is 0 Å². The Labute approximate surface area is 234 Å². The van der Waals surface area contributed by atoms with Crippen molar-refractivity contribution < 1.29 is 0 Å². The number of nitrogens with zero attached hydrogens (tertiary/aromatic N) is 1. The Bertz CT molecular complexity index is 1560. The molecule has 0 amide bonds. The Hall–Kier alpha value is -4.10. The summed E-state index contributed by atoms with van der Waals surface area (Å²) in [6, 6.07) is 40.4. The second-order valence-corrected chi connectivity index (χ2v) is 11.0. The summed E-state index contributed by atoms with van der Waals surface area (Å²) in [6.07, 6.45) is 1.15. The molecule has 0 aliphatic rings. The van der Waals surface area contributed by atoms with Crippen LogP contribution in [0.4, 0.5) is 17.1 Å². The average molecular weight is 510 g/mol. The van der Waals surface area contributed by atoms with Crippen LogP contribution in [-0.2, 0) is 0 Å². The molecule has 0 heterocycles. The molecule has 5 aromatic rings. The summed E-state index contributed by atoms with van der Waals surface area (Å²) in [6.45, 7) is 13.2. The summed E-state index contributed by atoms with van der Waals surface area (Å²) in [5, 5.41) is 0. The highest BCUT2D eigenvalue weighted by Crippen LogP contribution is 2.37. The second-order valence-electron chi connectivity index (χ2n) is 11.0. The summed E-state index contributed by atoms with van der Waals surface area (Å²) in [5.74, 6) is 0.566. The average Bonchev–Trinajstić information content (AvgIpc) is 2.95. The zero-order chi connectivity index (χ0) is 27.5. The van der Waals surface area contributed by atoms with E-state index in [0.717, 1.165) is 12.1 Å². The SMILES string of the molecule is CCC(C)c1ccc(N(c2ccc(C)cc2)c2ccc(-c3ccc(-c4ccc(C)cc4C)c(C)c3)cc2)cc1. The van der Waals surface area contributed by atoms with Gasteiger partial charge in [-0.15, -0.1) is 0 Å². The van der Waals surface area contributed by atoms with E-state index in [9.17, 15) is 0 Å². The van der Waals surface area contributed by atoms with Gasteiger partial charge in [0.15, 0.2) is 0 Å². The summed E-state index contributed by atoms with van der Waals surface area (Å²) >= 11 is 0. The first kappa shape index (κ1) is 26.5. The molecule has 0 saturated carbocycles. The normalized spacial score (nSPS) is 11.8. The van der Waals surface area contributed by atoms with E-state index in [2.05, 4.69) is 156 Å². The predicted octanol–water partition coefficient (Wildman–Crippen LogP) is 11.2. The van der Waals surface area contributed by atoms with Crippen molar-refractivity contribution in [2.75, 3.05) is 4.90 Å². The van der Waals surface area contributed by atoms with E-state index in [1.54, 1.807) is 0 Å². The van der Waals surface area contributed by atoms with Crippen molar-refractivity contribution in [2.24, 2.45) is 0 Å². The summed E-state index contributed by atoms with van der Waals surface area (Å²) < 4.78 is 0. The highest BCUT2D eigenvalue weighted by Gasteiger charge is 2.14. The lowest BCUT2D eigenvalue weighted by Gasteiger charge is -2.26. The molecule has 0 bridgehead atoms. The lowest BCUT2D eigenvalue weighted by Crippen LogP contribution is -2.10. The minimum Gasteiger partial charge on any atom is -0.311 e. The lowest BCUT2D eigenvalue weighted by molar-refractivity contribution is 0.733. The number of benzene rings is 5. The maximum absolute atomic E-state index is 2.35. The number of hydrogen-bond donors (Lipinski definition) is 0. The van der Waals surface area contributed by atoms with Crippen LogP contribution in [0.2, 0.25) is 0 Å². The summed E-state index contributed by atoms with van der Waals surface area (Å²) in [4.78, 5) is 2.35. The molecule has 39 heavy (non-hydrogen) atoms. The van der Waals surface area contributed by atoms with E-state index >= 15 is 0 Å².